The summed E-state index contributed by atoms with van der Waals surface area (Å²) >= 11 is 0. The second-order valence-corrected chi connectivity index (χ2v) is 1.99. The zero-order valence-corrected chi connectivity index (χ0v) is 7.34. The Balaban J connectivity index is -0.000000405. The van der Waals surface area contributed by atoms with Crippen LogP contribution >= 0.6 is 0 Å². The molecule has 0 rings (SSSR count). The molecule has 0 aliphatic rings. The van der Waals surface area contributed by atoms with E-state index in [2.05, 4.69) is 0 Å². The molecule has 0 saturated carbocycles. The van der Waals surface area contributed by atoms with Gasteiger partial charge < -0.3 is 31.0 Å². The fraction of sp³-hybridized carbons (Fsp3) is 1.00. The van der Waals surface area contributed by atoms with Crippen LogP contribution in [-0.4, -0.2) is 62.5 Å². The summed E-state index contributed by atoms with van der Waals surface area (Å²) < 4.78 is 0. The first-order valence-electron chi connectivity index (χ1n) is 2.89. The summed E-state index contributed by atoms with van der Waals surface area (Å²) in [6.45, 7) is -1.28. The minimum absolute atomic E-state index is 0. The molecular formula is C5H14FeO6. The Hall–Kier alpha value is 0.279. The van der Waals surface area contributed by atoms with E-state index in [4.69, 9.17) is 25.5 Å². The normalized spacial score (nSPS) is 16.8. The molecule has 7 N–H and O–H groups in total. The van der Waals surface area contributed by atoms with Crippen molar-refractivity contribution in [2.24, 2.45) is 0 Å². The number of rotatable bonds is 4. The third-order valence-electron chi connectivity index (χ3n) is 1.16. The molecule has 6 nitrogen and oxygen atoms in total. The van der Waals surface area contributed by atoms with Crippen LogP contribution in [0.5, 0.6) is 0 Å². The van der Waals surface area contributed by atoms with Crippen molar-refractivity contribution in [1.29, 1.82) is 0 Å². The van der Waals surface area contributed by atoms with E-state index in [0.717, 1.165) is 0 Å². The monoisotopic (exact) mass is 226 g/mol. The molecule has 3 atom stereocenters. The summed E-state index contributed by atoms with van der Waals surface area (Å²) in [6.07, 6.45) is -4.29. The topological polar surface area (TPSA) is 133 Å². The Morgan fingerprint density at radius 3 is 1.25 bits per heavy atom. The average Bonchev–Trinajstić information content (AvgIpc) is 2.00. The molecular weight excluding hydrogens is 212 g/mol. The first-order chi connectivity index (χ1) is 4.63. The van der Waals surface area contributed by atoms with Crippen LogP contribution in [0.25, 0.3) is 0 Å². The van der Waals surface area contributed by atoms with Crippen molar-refractivity contribution in [2.75, 3.05) is 13.2 Å². The average molecular weight is 226 g/mol. The van der Waals surface area contributed by atoms with Crippen LogP contribution in [0, 0.1) is 0 Å². The molecule has 0 aromatic rings. The van der Waals surface area contributed by atoms with Crippen LogP contribution in [0.15, 0.2) is 0 Å². The van der Waals surface area contributed by atoms with Crippen molar-refractivity contribution < 1.29 is 48.1 Å². The van der Waals surface area contributed by atoms with Crippen molar-refractivity contribution in [1.82, 2.24) is 0 Å². The Morgan fingerprint density at radius 1 is 0.833 bits per heavy atom. The van der Waals surface area contributed by atoms with E-state index in [1.54, 1.807) is 0 Å². The van der Waals surface area contributed by atoms with Crippen molar-refractivity contribution >= 4 is 0 Å². The van der Waals surface area contributed by atoms with Gasteiger partial charge in [-0.05, 0) is 0 Å². The van der Waals surface area contributed by atoms with E-state index in [1.165, 1.54) is 0 Å². The van der Waals surface area contributed by atoms with Gasteiger partial charge in [0.25, 0.3) is 0 Å². The van der Waals surface area contributed by atoms with Crippen LogP contribution in [-0.2, 0) is 17.1 Å². The van der Waals surface area contributed by atoms with E-state index in [0.29, 0.717) is 0 Å². The maximum Gasteiger partial charge on any atom is 0.110 e. The minimum Gasteiger partial charge on any atom is -0.412 e. The van der Waals surface area contributed by atoms with E-state index >= 15 is 0 Å². The van der Waals surface area contributed by atoms with Gasteiger partial charge in [-0.15, -0.1) is 0 Å². The second-order valence-electron chi connectivity index (χ2n) is 1.99. The second kappa shape index (κ2) is 9.37. The molecule has 0 radical (unpaired) electrons. The third-order valence-corrected chi connectivity index (χ3v) is 1.16. The first-order valence-corrected chi connectivity index (χ1v) is 2.89. The molecule has 0 bridgehead atoms. The summed E-state index contributed by atoms with van der Waals surface area (Å²) in [5.41, 5.74) is 0. The third kappa shape index (κ3) is 5.87. The molecule has 0 fully saturated rings. The zero-order chi connectivity index (χ0) is 8.15. The van der Waals surface area contributed by atoms with Crippen LogP contribution in [0.3, 0.4) is 0 Å². The van der Waals surface area contributed by atoms with Gasteiger partial charge in [0.1, 0.15) is 18.3 Å². The molecule has 0 aliphatic carbocycles. The van der Waals surface area contributed by atoms with Gasteiger partial charge in [-0.1, -0.05) is 0 Å². The SMILES string of the molecule is O.OC[C@@H](O)C(O)[C@@H](O)CO.[Fe]. The fourth-order valence-corrected chi connectivity index (χ4v) is 0.472. The summed E-state index contributed by atoms with van der Waals surface area (Å²) in [5.74, 6) is 0. The van der Waals surface area contributed by atoms with E-state index < -0.39 is 31.5 Å². The molecule has 0 spiro atoms. The van der Waals surface area contributed by atoms with Crippen molar-refractivity contribution in [2.45, 2.75) is 18.3 Å². The summed E-state index contributed by atoms with van der Waals surface area (Å²) in [7, 11) is 0. The van der Waals surface area contributed by atoms with Gasteiger partial charge in [0.2, 0.25) is 0 Å². The summed E-state index contributed by atoms with van der Waals surface area (Å²) in [4.78, 5) is 0. The Kier molecular flexibility index (Phi) is 14.2. The minimum atomic E-state index is -1.49. The number of hydrogen-bond donors (Lipinski definition) is 5. The van der Waals surface area contributed by atoms with Crippen molar-refractivity contribution in [3.8, 4) is 0 Å². The maximum absolute atomic E-state index is 8.77. The Bertz CT molecular complexity index is 82.0. The van der Waals surface area contributed by atoms with E-state index in [-0.39, 0.29) is 22.5 Å². The zero-order valence-electron chi connectivity index (χ0n) is 6.24. The number of aliphatic hydroxyl groups is 5. The predicted octanol–water partition coefficient (Wildman–Crippen LogP) is -3.77. The van der Waals surface area contributed by atoms with Crippen molar-refractivity contribution in [3.05, 3.63) is 0 Å². The largest absolute Gasteiger partial charge is 0.412 e. The van der Waals surface area contributed by atoms with Crippen molar-refractivity contribution in [3.63, 3.8) is 0 Å². The smallest absolute Gasteiger partial charge is 0.110 e. The van der Waals surface area contributed by atoms with Gasteiger partial charge in [0.15, 0.2) is 0 Å². The molecule has 78 valence electrons. The van der Waals surface area contributed by atoms with Gasteiger partial charge in [-0.2, -0.15) is 0 Å². The van der Waals surface area contributed by atoms with Crippen LogP contribution in [0.4, 0.5) is 0 Å². The molecule has 0 aliphatic heterocycles. The van der Waals surface area contributed by atoms with Gasteiger partial charge in [0, 0.05) is 17.1 Å². The quantitative estimate of drug-likeness (QED) is 0.314. The van der Waals surface area contributed by atoms with Crippen LogP contribution < -0.4 is 0 Å². The van der Waals surface area contributed by atoms with Gasteiger partial charge in [-0.3, -0.25) is 0 Å². The molecule has 0 amide bonds. The molecule has 1 unspecified atom stereocenters. The summed E-state index contributed by atoms with van der Waals surface area (Å²) in [6, 6.07) is 0. The van der Waals surface area contributed by atoms with Gasteiger partial charge >= 0.3 is 0 Å². The number of aliphatic hydroxyl groups excluding tert-OH is 5. The fourth-order valence-electron chi connectivity index (χ4n) is 0.472. The molecule has 12 heavy (non-hydrogen) atoms. The molecule has 0 aromatic carbocycles. The van der Waals surface area contributed by atoms with Crippen LogP contribution in [0.1, 0.15) is 0 Å². The van der Waals surface area contributed by atoms with E-state index in [9.17, 15) is 0 Å². The van der Waals surface area contributed by atoms with E-state index in [1.807, 2.05) is 0 Å². The van der Waals surface area contributed by atoms with Gasteiger partial charge in [-0.25, -0.2) is 0 Å². The summed E-state index contributed by atoms with van der Waals surface area (Å²) in [5, 5.41) is 42.6. The molecule has 0 heterocycles. The van der Waals surface area contributed by atoms with Crippen LogP contribution in [0.2, 0.25) is 0 Å². The maximum atomic E-state index is 8.77. The standard InChI is InChI=1S/C5H12O5.Fe.H2O/c6-1-3(8)5(10)4(9)2-7;;/h3-10H,1-2H2;;1H2/t3-,4+,5?;;. The molecule has 0 aromatic heterocycles. The number of hydrogen-bond acceptors (Lipinski definition) is 5. The first kappa shape index (κ1) is 18.1. The Morgan fingerprint density at radius 2 is 1.08 bits per heavy atom. The van der Waals surface area contributed by atoms with Gasteiger partial charge in [0.05, 0.1) is 13.2 Å². The predicted molar refractivity (Wildman–Crippen MR) is 35.8 cm³/mol. The molecule has 0 saturated heterocycles. The Labute approximate surface area is 80.2 Å². The molecule has 7 heteroatoms.